The van der Waals surface area contributed by atoms with Gasteiger partial charge in [-0.1, -0.05) is 0 Å². The molecular weight excluding hydrogens is 439 g/mol. The molecule has 1 aliphatic rings. The van der Waals surface area contributed by atoms with Crippen LogP contribution < -0.4 is 10.2 Å². The van der Waals surface area contributed by atoms with Crippen molar-refractivity contribution < 1.29 is 22.8 Å². The Kier molecular flexibility index (Phi) is 5.90. The third kappa shape index (κ3) is 3.92. The van der Waals surface area contributed by atoms with Crippen LogP contribution in [0, 0.1) is 0 Å². The number of hydrogen-bond donors (Lipinski definition) is 1. The second-order valence-corrected chi connectivity index (χ2v) is 7.35. The van der Waals surface area contributed by atoms with Crippen molar-refractivity contribution in [2.75, 3.05) is 16.8 Å². The minimum absolute atomic E-state index is 0. The zero-order valence-corrected chi connectivity index (χ0v) is 17.3. The third-order valence-electron chi connectivity index (χ3n) is 4.51. The van der Waals surface area contributed by atoms with Crippen LogP contribution in [0.3, 0.4) is 0 Å². The van der Waals surface area contributed by atoms with Crippen LogP contribution in [-0.2, 0) is 6.18 Å². The van der Waals surface area contributed by atoms with Crippen molar-refractivity contribution in [1.82, 2.24) is 14.8 Å². The van der Waals surface area contributed by atoms with Gasteiger partial charge in [-0.15, -0.1) is 11.3 Å². The van der Waals surface area contributed by atoms with E-state index in [1.807, 2.05) is 6.92 Å². The third-order valence-corrected chi connectivity index (χ3v) is 5.20. The quantitative estimate of drug-likeness (QED) is 0.649. The van der Waals surface area contributed by atoms with Gasteiger partial charge in [-0.25, -0.2) is 4.98 Å². The highest BCUT2D eigenvalue weighted by Crippen LogP contribution is 2.33. The number of thiazole rings is 1. The molecule has 7 nitrogen and oxygen atoms in total. The van der Waals surface area contributed by atoms with Gasteiger partial charge >= 0.3 is 6.18 Å². The number of anilines is 2. The summed E-state index contributed by atoms with van der Waals surface area (Å²) in [7, 11) is 0. The van der Waals surface area contributed by atoms with Crippen LogP contribution in [0.5, 0.6) is 0 Å². The summed E-state index contributed by atoms with van der Waals surface area (Å²) >= 11 is 1.23. The maximum Gasteiger partial charge on any atom is 0.416 e. The largest absolute Gasteiger partial charge is 0.416 e. The molecule has 4 rings (SSSR count). The predicted octanol–water partition coefficient (Wildman–Crippen LogP) is 3.94. The van der Waals surface area contributed by atoms with Crippen LogP contribution in [-0.4, -0.2) is 33.1 Å². The summed E-state index contributed by atoms with van der Waals surface area (Å²) in [5.41, 5.74) is -0.327. The summed E-state index contributed by atoms with van der Waals surface area (Å²) < 4.78 is 39.9. The Hall–Kier alpha value is -2.86. The first-order chi connectivity index (χ1) is 13.8. The number of benzene rings is 1. The van der Waals surface area contributed by atoms with Crippen molar-refractivity contribution >= 4 is 47.5 Å². The minimum atomic E-state index is -4.46. The Morgan fingerprint density at radius 3 is 2.57 bits per heavy atom. The van der Waals surface area contributed by atoms with Crippen LogP contribution >= 0.6 is 24.8 Å². The lowest BCUT2D eigenvalue weighted by Gasteiger charge is -2.32. The van der Waals surface area contributed by atoms with Gasteiger partial charge in [-0.3, -0.25) is 19.6 Å². The number of carbonyl (C=O) groups excluding carboxylic acids is 2. The molecule has 0 unspecified atom stereocenters. The number of fused-ring (bicyclic) bond motifs is 1. The molecule has 158 valence electrons. The van der Waals surface area contributed by atoms with Crippen molar-refractivity contribution in [2.24, 2.45) is 0 Å². The van der Waals surface area contributed by atoms with Crippen LogP contribution in [0.2, 0.25) is 0 Å². The second-order valence-electron chi connectivity index (χ2n) is 6.45. The van der Waals surface area contributed by atoms with Crippen LogP contribution in [0.1, 0.15) is 39.4 Å². The van der Waals surface area contributed by atoms with Gasteiger partial charge in [-0.05, 0) is 31.2 Å². The molecule has 0 spiro atoms. The van der Waals surface area contributed by atoms with Crippen molar-refractivity contribution in [3.63, 3.8) is 0 Å². The molecule has 0 aliphatic carbocycles. The molecule has 30 heavy (non-hydrogen) atoms. The first-order valence-electron chi connectivity index (χ1n) is 8.53. The Morgan fingerprint density at radius 1 is 1.27 bits per heavy atom. The van der Waals surface area contributed by atoms with E-state index in [0.29, 0.717) is 10.8 Å². The highest BCUT2D eigenvalue weighted by molar-refractivity contribution is 7.59. The Balaban J connectivity index is 0.00000256. The van der Waals surface area contributed by atoms with Crippen LogP contribution in [0.25, 0.3) is 0 Å². The molecule has 0 radical (unpaired) electrons. The van der Waals surface area contributed by atoms with Crippen molar-refractivity contribution in [1.29, 1.82) is 0 Å². The maximum atomic E-state index is 13.1. The molecule has 1 aromatic carbocycles. The van der Waals surface area contributed by atoms with E-state index >= 15 is 0 Å². The molecule has 12 heteroatoms. The Bertz CT molecular complexity index is 1060. The molecule has 2 aromatic heterocycles. The highest BCUT2D eigenvalue weighted by Gasteiger charge is 2.36. The average molecular weight is 455 g/mol. The molecule has 1 atom stereocenters. The number of alkyl halides is 3. The molecule has 1 aliphatic heterocycles. The van der Waals surface area contributed by atoms with Crippen LogP contribution in [0.15, 0.2) is 42.0 Å². The lowest BCUT2D eigenvalue weighted by atomic mass is 10.1. The van der Waals surface area contributed by atoms with E-state index in [9.17, 15) is 22.8 Å². The number of amides is 2. The SMILES string of the molecule is C[C@H]1CN(c2ccc(C(F)(F)F)cc2)C(=O)c2c(C(=O)Nc3nccs3)cnn21.S. The number of nitrogens with zero attached hydrogens (tertiary/aromatic N) is 4. The molecular formula is C18H16F3N5O2S2. The molecule has 0 bridgehead atoms. The number of halogens is 3. The average Bonchev–Trinajstić information content (AvgIpc) is 3.34. The van der Waals surface area contributed by atoms with E-state index in [-0.39, 0.29) is 37.3 Å². The molecule has 1 N–H and O–H groups in total. The molecule has 0 saturated heterocycles. The van der Waals surface area contributed by atoms with E-state index in [4.69, 9.17) is 0 Å². The summed E-state index contributed by atoms with van der Waals surface area (Å²) in [5, 5.41) is 8.84. The number of aromatic nitrogens is 3. The normalized spacial score (nSPS) is 16.1. The van der Waals surface area contributed by atoms with Gasteiger partial charge in [0.15, 0.2) is 5.13 Å². The van der Waals surface area contributed by atoms with Gasteiger partial charge in [0.25, 0.3) is 11.8 Å². The lowest BCUT2D eigenvalue weighted by molar-refractivity contribution is -0.137. The van der Waals surface area contributed by atoms with Gasteiger partial charge < -0.3 is 4.90 Å². The standard InChI is InChI=1S/C18H14F3N5O2S.H2S/c1-10-9-25(12-4-2-11(3-5-12)18(19,20)21)16(28)14-13(8-23-26(10)14)15(27)24-17-22-6-7-29-17;/h2-8,10H,9H2,1H3,(H,22,24,27);1H2/t10-;/m0./s1. The summed E-state index contributed by atoms with van der Waals surface area (Å²) in [6.45, 7) is 2.02. The summed E-state index contributed by atoms with van der Waals surface area (Å²) in [6, 6.07) is 4.07. The van der Waals surface area contributed by atoms with Crippen molar-refractivity contribution in [2.45, 2.75) is 19.1 Å². The number of carbonyl (C=O) groups is 2. The fourth-order valence-corrected chi connectivity index (χ4v) is 3.65. The lowest BCUT2D eigenvalue weighted by Crippen LogP contribution is -2.43. The fraction of sp³-hybridized carbons (Fsp3) is 0.222. The van der Waals surface area contributed by atoms with Gasteiger partial charge in [0.1, 0.15) is 5.69 Å². The number of nitrogens with one attached hydrogen (secondary N) is 1. The van der Waals surface area contributed by atoms with Gasteiger partial charge in [-0.2, -0.15) is 31.8 Å². The van der Waals surface area contributed by atoms with Crippen molar-refractivity contribution in [3.05, 3.63) is 58.9 Å². The first-order valence-corrected chi connectivity index (χ1v) is 9.41. The minimum Gasteiger partial charge on any atom is -0.305 e. The predicted molar refractivity (Wildman–Crippen MR) is 111 cm³/mol. The molecule has 0 fully saturated rings. The molecule has 0 saturated carbocycles. The summed E-state index contributed by atoms with van der Waals surface area (Å²) in [6.07, 6.45) is -1.62. The topological polar surface area (TPSA) is 80.1 Å². The monoisotopic (exact) mass is 455 g/mol. The van der Waals surface area contributed by atoms with Gasteiger partial charge in [0, 0.05) is 23.8 Å². The summed E-state index contributed by atoms with van der Waals surface area (Å²) in [4.78, 5) is 31.0. The Labute approximate surface area is 180 Å². The van der Waals surface area contributed by atoms with E-state index in [2.05, 4.69) is 15.4 Å². The fourth-order valence-electron chi connectivity index (χ4n) is 3.13. The second kappa shape index (κ2) is 8.11. The number of hydrogen-bond acceptors (Lipinski definition) is 5. The van der Waals surface area contributed by atoms with E-state index in [1.165, 1.54) is 45.4 Å². The zero-order valence-electron chi connectivity index (χ0n) is 15.5. The summed E-state index contributed by atoms with van der Waals surface area (Å²) in [5.74, 6) is -1.04. The zero-order chi connectivity index (χ0) is 20.8. The van der Waals surface area contributed by atoms with E-state index < -0.39 is 23.6 Å². The van der Waals surface area contributed by atoms with Crippen molar-refractivity contribution in [3.8, 4) is 0 Å². The van der Waals surface area contributed by atoms with E-state index in [0.717, 1.165) is 12.1 Å². The molecule has 3 aromatic rings. The smallest absolute Gasteiger partial charge is 0.305 e. The van der Waals surface area contributed by atoms with Gasteiger partial charge in [0.2, 0.25) is 0 Å². The van der Waals surface area contributed by atoms with E-state index in [1.54, 1.807) is 5.38 Å². The Morgan fingerprint density at radius 2 is 1.97 bits per heavy atom. The molecule has 3 heterocycles. The highest BCUT2D eigenvalue weighted by atomic mass is 32.1. The van der Waals surface area contributed by atoms with Crippen LogP contribution in [0.4, 0.5) is 24.0 Å². The van der Waals surface area contributed by atoms with Gasteiger partial charge in [0.05, 0.1) is 23.4 Å². The molecule has 2 amide bonds. The first kappa shape index (κ1) is 21.8. The number of rotatable bonds is 3. The maximum absolute atomic E-state index is 13.1.